The van der Waals surface area contributed by atoms with E-state index < -0.39 is 0 Å². The minimum Gasteiger partial charge on any atom is -0.283 e. The van der Waals surface area contributed by atoms with Crippen molar-refractivity contribution in [2.75, 3.05) is 0 Å². The average molecular weight is 218 g/mol. The molecule has 0 spiro atoms. The molecule has 0 N–H and O–H groups in total. The maximum atomic E-state index is 10.7. The molecular formula is C12H14N2O2. The van der Waals surface area contributed by atoms with Crippen LogP contribution in [0.1, 0.15) is 31.9 Å². The number of hydrogen-bond acceptors (Lipinski definition) is 3. The second-order valence-corrected chi connectivity index (χ2v) is 4.78. The van der Waals surface area contributed by atoms with Crippen molar-refractivity contribution in [3.05, 3.63) is 39.4 Å². The largest absolute Gasteiger partial charge is 0.283 e. The Hall–Kier alpha value is -1.71. The molecule has 0 radical (unpaired) electrons. The fourth-order valence-corrected chi connectivity index (χ4v) is 2.19. The van der Waals surface area contributed by atoms with E-state index in [0.717, 1.165) is 23.3 Å². The van der Waals surface area contributed by atoms with Crippen LogP contribution in [0.5, 0.6) is 0 Å². The molecule has 0 amide bonds. The Balaban J connectivity index is 2.54. The second kappa shape index (κ2) is 3.40. The van der Waals surface area contributed by atoms with Gasteiger partial charge in [-0.3, -0.25) is 15.1 Å². The molecule has 1 aromatic carbocycles. The van der Waals surface area contributed by atoms with Crippen LogP contribution in [0.4, 0.5) is 5.69 Å². The maximum absolute atomic E-state index is 10.7. The van der Waals surface area contributed by atoms with Crippen LogP contribution in [0.25, 0.3) is 0 Å². The highest BCUT2D eigenvalue weighted by Crippen LogP contribution is 2.29. The molecule has 16 heavy (non-hydrogen) atoms. The molecule has 2 rings (SSSR count). The van der Waals surface area contributed by atoms with Crippen molar-refractivity contribution in [2.45, 2.75) is 32.7 Å². The summed E-state index contributed by atoms with van der Waals surface area (Å²) in [6.07, 6.45) is 0.831. The third kappa shape index (κ3) is 1.83. The lowest BCUT2D eigenvalue weighted by Crippen LogP contribution is -2.27. The lowest BCUT2D eigenvalue weighted by molar-refractivity contribution is -0.384. The van der Waals surface area contributed by atoms with Crippen LogP contribution < -0.4 is 0 Å². The lowest BCUT2D eigenvalue weighted by atomic mass is 9.87. The Labute approximate surface area is 94.2 Å². The van der Waals surface area contributed by atoms with E-state index in [2.05, 4.69) is 18.8 Å². The third-order valence-electron chi connectivity index (χ3n) is 2.79. The van der Waals surface area contributed by atoms with Crippen molar-refractivity contribution >= 4 is 11.4 Å². The first-order chi connectivity index (χ1) is 7.39. The number of nitrogens with zero attached hydrogens (tertiary/aromatic N) is 2. The van der Waals surface area contributed by atoms with Crippen LogP contribution in [0.15, 0.2) is 23.2 Å². The molecule has 0 fully saturated rings. The van der Waals surface area contributed by atoms with Gasteiger partial charge in [-0.15, -0.1) is 0 Å². The molecule has 1 heterocycles. The summed E-state index contributed by atoms with van der Waals surface area (Å²) in [6.45, 7) is 6.05. The maximum Gasteiger partial charge on any atom is 0.270 e. The van der Waals surface area contributed by atoms with Gasteiger partial charge in [0.15, 0.2) is 0 Å². The van der Waals surface area contributed by atoms with Gasteiger partial charge in [-0.2, -0.15) is 0 Å². The smallest absolute Gasteiger partial charge is 0.270 e. The molecule has 0 saturated carbocycles. The Kier molecular flexibility index (Phi) is 2.30. The standard InChI is InChI=1S/C12H14N2O2/c1-8-11-6-10(14(15)16)5-4-9(11)7-12(2,3)13-8/h4-6H,7H2,1-3H3. The summed E-state index contributed by atoms with van der Waals surface area (Å²) in [4.78, 5) is 14.9. The van der Waals surface area contributed by atoms with Crippen LogP contribution in [0.2, 0.25) is 0 Å². The first-order valence-electron chi connectivity index (χ1n) is 5.23. The van der Waals surface area contributed by atoms with E-state index in [1.54, 1.807) is 12.1 Å². The van der Waals surface area contributed by atoms with Crippen LogP contribution >= 0.6 is 0 Å². The molecule has 1 aliphatic rings. The number of non-ortho nitro benzene ring substituents is 1. The second-order valence-electron chi connectivity index (χ2n) is 4.78. The van der Waals surface area contributed by atoms with Gasteiger partial charge in [0.1, 0.15) is 0 Å². The van der Waals surface area contributed by atoms with Crippen LogP contribution in [0, 0.1) is 10.1 Å². The van der Waals surface area contributed by atoms with Crippen LogP contribution in [0.3, 0.4) is 0 Å². The topological polar surface area (TPSA) is 55.5 Å². The van der Waals surface area contributed by atoms with Crippen molar-refractivity contribution in [1.29, 1.82) is 0 Å². The van der Waals surface area contributed by atoms with E-state index >= 15 is 0 Å². The SMILES string of the molecule is CC1=NC(C)(C)Cc2ccc([N+](=O)[O-])cc21. The molecule has 0 atom stereocenters. The number of aliphatic imine (C=N–C) groups is 1. The minimum absolute atomic E-state index is 0.104. The van der Waals surface area contributed by atoms with Crippen molar-refractivity contribution in [3.8, 4) is 0 Å². The number of nitro benzene ring substituents is 1. The first-order valence-corrected chi connectivity index (χ1v) is 5.23. The summed E-state index contributed by atoms with van der Waals surface area (Å²) < 4.78 is 0. The van der Waals surface area contributed by atoms with E-state index in [1.165, 1.54) is 0 Å². The Morgan fingerprint density at radius 3 is 2.75 bits per heavy atom. The quantitative estimate of drug-likeness (QED) is 0.537. The highest BCUT2D eigenvalue weighted by molar-refractivity contribution is 6.01. The van der Waals surface area contributed by atoms with Crippen molar-refractivity contribution in [2.24, 2.45) is 4.99 Å². The van der Waals surface area contributed by atoms with Crippen molar-refractivity contribution in [1.82, 2.24) is 0 Å². The summed E-state index contributed by atoms with van der Waals surface area (Å²) in [7, 11) is 0. The van der Waals surface area contributed by atoms with Gasteiger partial charge in [0.2, 0.25) is 0 Å². The van der Waals surface area contributed by atoms with Gasteiger partial charge >= 0.3 is 0 Å². The molecule has 4 heteroatoms. The van der Waals surface area contributed by atoms with Gasteiger partial charge in [0.25, 0.3) is 5.69 Å². The minimum atomic E-state index is -0.368. The Morgan fingerprint density at radius 1 is 1.44 bits per heavy atom. The van der Waals surface area contributed by atoms with E-state index in [-0.39, 0.29) is 16.1 Å². The summed E-state index contributed by atoms with van der Waals surface area (Å²) in [5, 5.41) is 10.7. The van der Waals surface area contributed by atoms with Gasteiger partial charge in [0.05, 0.1) is 10.5 Å². The molecule has 0 aliphatic carbocycles. The number of benzene rings is 1. The molecule has 0 unspecified atom stereocenters. The van der Waals surface area contributed by atoms with Gasteiger partial charge in [0, 0.05) is 23.4 Å². The number of hydrogen-bond donors (Lipinski definition) is 0. The van der Waals surface area contributed by atoms with Crippen molar-refractivity contribution in [3.63, 3.8) is 0 Å². The highest BCUT2D eigenvalue weighted by Gasteiger charge is 2.26. The highest BCUT2D eigenvalue weighted by atomic mass is 16.6. The molecular weight excluding hydrogens is 204 g/mol. The molecule has 0 bridgehead atoms. The zero-order chi connectivity index (χ0) is 11.9. The fourth-order valence-electron chi connectivity index (χ4n) is 2.19. The summed E-state index contributed by atoms with van der Waals surface area (Å²) >= 11 is 0. The zero-order valence-electron chi connectivity index (χ0n) is 9.65. The van der Waals surface area contributed by atoms with Crippen LogP contribution in [-0.2, 0) is 6.42 Å². The Bertz CT molecular complexity index is 490. The summed E-state index contributed by atoms with van der Waals surface area (Å²) in [6, 6.07) is 5.02. The van der Waals surface area contributed by atoms with Gasteiger partial charge in [-0.05, 0) is 32.8 Å². The predicted octanol–water partition coefficient (Wildman–Crippen LogP) is 2.74. The molecule has 4 nitrogen and oxygen atoms in total. The van der Waals surface area contributed by atoms with Gasteiger partial charge in [-0.25, -0.2) is 0 Å². The summed E-state index contributed by atoms with van der Waals surface area (Å²) in [5.41, 5.74) is 2.97. The molecule has 84 valence electrons. The predicted molar refractivity (Wildman–Crippen MR) is 63.1 cm³/mol. The van der Waals surface area contributed by atoms with Crippen molar-refractivity contribution < 1.29 is 4.92 Å². The third-order valence-corrected chi connectivity index (χ3v) is 2.79. The van der Waals surface area contributed by atoms with E-state index in [0.29, 0.717) is 0 Å². The first kappa shape index (κ1) is 10.8. The zero-order valence-corrected chi connectivity index (χ0v) is 9.65. The average Bonchev–Trinajstić information content (AvgIpc) is 2.15. The monoisotopic (exact) mass is 218 g/mol. The van der Waals surface area contributed by atoms with Gasteiger partial charge in [-0.1, -0.05) is 6.07 Å². The molecule has 0 aromatic heterocycles. The van der Waals surface area contributed by atoms with Gasteiger partial charge < -0.3 is 0 Å². The van der Waals surface area contributed by atoms with E-state index in [4.69, 9.17) is 0 Å². The lowest BCUT2D eigenvalue weighted by Gasteiger charge is -2.27. The van der Waals surface area contributed by atoms with E-state index in [9.17, 15) is 10.1 Å². The summed E-state index contributed by atoms with van der Waals surface area (Å²) in [5.74, 6) is 0. The number of nitro groups is 1. The molecule has 0 saturated heterocycles. The normalized spacial score (nSPS) is 17.6. The van der Waals surface area contributed by atoms with Crippen LogP contribution in [-0.4, -0.2) is 16.2 Å². The number of fused-ring (bicyclic) bond motifs is 1. The Morgan fingerprint density at radius 2 is 2.12 bits per heavy atom. The number of rotatable bonds is 1. The molecule has 1 aliphatic heterocycles. The molecule has 1 aromatic rings. The van der Waals surface area contributed by atoms with E-state index in [1.807, 2.05) is 13.0 Å². The fraction of sp³-hybridized carbons (Fsp3) is 0.417.